The highest BCUT2D eigenvalue weighted by molar-refractivity contribution is 8.01. The number of carbonyl (C=O) groups is 1. The molecule has 0 atom stereocenters. The molecule has 1 aromatic carbocycles. The number of benzene rings is 1. The lowest BCUT2D eigenvalue weighted by molar-refractivity contribution is -0.129. The van der Waals surface area contributed by atoms with Gasteiger partial charge in [0.05, 0.1) is 5.75 Å². The Bertz CT molecular complexity index is 705. The van der Waals surface area contributed by atoms with Crippen LogP contribution >= 0.6 is 23.1 Å². The van der Waals surface area contributed by atoms with Crippen molar-refractivity contribution in [2.75, 3.05) is 24.2 Å². The van der Waals surface area contributed by atoms with E-state index in [-0.39, 0.29) is 5.91 Å². The van der Waals surface area contributed by atoms with Crippen molar-refractivity contribution in [2.24, 2.45) is 11.8 Å². The van der Waals surface area contributed by atoms with E-state index in [1.54, 1.807) is 0 Å². The molecule has 1 N–H and O–H groups in total. The third kappa shape index (κ3) is 6.61. The molecule has 0 aliphatic carbocycles. The van der Waals surface area contributed by atoms with Gasteiger partial charge in [0, 0.05) is 18.8 Å². The van der Waals surface area contributed by atoms with E-state index in [4.69, 9.17) is 0 Å². The molecule has 0 saturated heterocycles. The number of rotatable bonds is 9. The van der Waals surface area contributed by atoms with Gasteiger partial charge in [0.15, 0.2) is 4.34 Å². The first-order chi connectivity index (χ1) is 12.3. The summed E-state index contributed by atoms with van der Waals surface area (Å²) in [5.41, 5.74) is 2.18. The Morgan fingerprint density at radius 3 is 2.42 bits per heavy atom. The second kappa shape index (κ2) is 9.92. The molecule has 1 amide bonds. The van der Waals surface area contributed by atoms with E-state index in [1.807, 2.05) is 23.1 Å². The molecule has 0 aliphatic rings. The normalized spacial score (nSPS) is 11.2. The maximum absolute atomic E-state index is 12.6. The highest BCUT2D eigenvalue weighted by atomic mass is 32.2. The lowest BCUT2D eigenvalue weighted by Crippen LogP contribution is -2.38. The number of hydrogen-bond acceptors (Lipinski definition) is 6. The largest absolute Gasteiger partial charge is 0.341 e. The zero-order chi connectivity index (χ0) is 19.1. The minimum atomic E-state index is 0.168. The van der Waals surface area contributed by atoms with Crippen molar-refractivity contribution in [1.29, 1.82) is 0 Å². The van der Waals surface area contributed by atoms with E-state index in [1.165, 1.54) is 23.1 Å². The van der Waals surface area contributed by atoms with E-state index in [0.717, 1.165) is 33.8 Å². The fourth-order valence-corrected chi connectivity index (χ4v) is 4.19. The number of aryl methyl sites for hydroxylation is 1. The van der Waals surface area contributed by atoms with Gasteiger partial charge in [-0.2, -0.15) is 0 Å². The highest BCUT2D eigenvalue weighted by Crippen LogP contribution is 2.28. The first-order valence-corrected chi connectivity index (χ1v) is 10.7. The third-order valence-electron chi connectivity index (χ3n) is 3.64. The van der Waals surface area contributed by atoms with Crippen LogP contribution in [-0.4, -0.2) is 39.8 Å². The van der Waals surface area contributed by atoms with Crippen molar-refractivity contribution in [2.45, 2.75) is 39.0 Å². The average molecular weight is 393 g/mol. The van der Waals surface area contributed by atoms with Crippen LogP contribution in [-0.2, 0) is 4.79 Å². The molecule has 26 heavy (non-hydrogen) atoms. The van der Waals surface area contributed by atoms with E-state index in [9.17, 15) is 4.79 Å². The lowest BCUT2D eigenvalue weighted by atomic mass is 10.1. The molecule has 142 valence electrons. The minimum Gasteiger partial charge on any atom is -0.341 e. The third-order valence-corrected chi connectivity index (χ3v) is 5.59. The van der Waals surface area contributed by atoms with Crippen LogP contribution in [0.15, 0.2) is 28.6 Å². The molecule has 0 unspecified atom stereocenters. The minimum absolute atomic E-state index is 0.168. The summed E-state index contributed by atoms with van der Waals surface area (Å²) in [7, 11) is 0. The molecular formula is C19H28N4OS2. The summed E-state index contributed by atoms with van der Waals surface area (Å²) in [5, 5.41) is 12.4. The molecule has 0 spiro atoms. The number of nitrogens with one attached hydrogen (secondary N) is 1. The Kier molecular flexibility index (Phi) is 7.90. The van der Waals surface area contributed by atoms with Crippen LogP contribution in [0.3, 0.4) is 0 Å². The average Bonchev–Trinajstić information content (AvgIpc) is 3.01. The number of anilines is 2. The molecule has 2 aromatic rings. The molecule has 1 heterocycles. The molecule has 0 fully saturated rings. The van der Waals surface area contributed by atoms with Crippen LogP contribution in [0.5, 0.6) is 0 Å². The fraction of sp³-hybridized carbons (Fsp3) is 0.526. The Morgan fingerprint density at radius 2 is 1.81 bits per heavy atom. The van der Waals surface area contributed by atoms with Gasteiger partial charge in [-0.1, -0.05) is 69.0 Å². The van der Waals surface area contributed by atoms with Gasteiger partial charge in [0.1, 0.15) is 0 Å². The van der Waals surface area contributed by atoms with E-state index in [0.29, 0.717) is 17.6 Å². The van der Waals surface area contributed by atoms with Crippen molar-refractivity contribution in [3.05, 3.63) is 29.8 Å². The van der Waals surface area contributed by atoms with Crippen LogP contribution in [0, 0.1) is 18.8 Å². The molecule has 1 aromatic heterocycles. The second-order valence-corrected chi connectivity index (χ2v) is 9.39. The Morgan fingerprint density at radius 1 is 1.15 bits per heavy atom. The zero-order valence-electron chi connectivity index (χ0n) is 16.2. The van der Waals surface area contributed by atoms with E-state index < -0.39 is 0 Å². The van der Waals surface area contributed by atoms with Crippen LogP contribution < -0.4 is 5.32 Å². The number of thioether (sulfide) groups is 1. The van der Waals surface area contributed by atoms with Gasteiger partial charge in [-0.25, -0.2) is 0 Å². The Labute approximate surface area is 164 Å². The molecule has 5 nitrogen and oxygen atoms in total. The predicted molar refractivity (Wildman–Crippen MR) is 111 cm³/mol. The summed E-state index contributed by atoms with van der Waals surface area (Å²) in [5.74, 6) is 1.50. The van der Waals surface area contributed by atoms with Gasteiger partial charge in [0.2, 0.25) is 11.0 Å². The highest BCUT2D eigenvalue weighted by Gasteiger charge is 2.17. The number of aromatic nitrogens is 2. The number of nitrogens with zero attached hydrogens (tertiary/aromatic N) is 3. The van der Waals surface area contributed by atoms with Crippen LogP contribution in [0.2, 0.25) is 0 Å². The molecular weight excluding hydrogens is 364 g/mol. The number of carbonyl (C=O) groups excluding carboxylic acids is 1. The number of amides is 1. The van der Waals surface area contributed by atoms with Crippen molar-refractivity contribution < 1.29 is 4.79 Å². The first kappa shape index (κ1) is 20.7. The Hall–Kier alpha value is -1.60. The van der Waals surface area contributed by atoms with Crippen molar-refractivity contribution in [3.63, 3.8) is 0 Å². The van der Waals surface area contributed by atoms with E-state index >= 15 is 0 Å². The topological polar surface area (TPSA) is 58.1 Å². The smallest absolute Gasteiger partial charge is 0.233 e. The van der Waals surface area contributed by atoms with Crippen molar-refractivity contribution >= 4 is 39.8 Å². The monoisotopic (exact) mass is 392 g/mol. The van der Waals surface area contributed by atoms with Gasteiger partial charge < -0.3 is 10.2 Å². The van der Waals surface area contributed by atoms with Crippen molar-refractivity contribution in [1.82, 2.24) is 15.1 Å². The maximum Gasteiger partial charge on any atom is 0.233 e. The molecule has 2 rings (SSSR count). The summed E-state index contributed by atoms with van der Waals surface area (Å²) in [6.45, 7) is 12.2. The maximum atomic E-state index is 12.6. The molecule has 0 radical (unpaired) electrons. The van der Waals surface area contributed by atoms with E-state index in [2.05, 4.69) is 56.2 Å². The van der Waals surface area contributed by atoms with Gasteiger partial charge in [-0.05, 0) is 30.4 Å². The van der Waals surface area contributed by atoms with Gasteiger partial charge in [0.25, 0.3) is 0 Å². The predicted octanol–water partition coefficient (Wildman–Crippen LogP) is 4.82. The molecule has 0 aliphatic heterocycles. The standard InChI is InChI=1S/C19H28N4OS2/c1-13(2)10-23(11-14(3)4)17(24)12-25-19-22-21-18(26-19)20-16-9-7-6-8-15(16)5/h6-9,13-14H,10-12H2,1-5H3,(H,20,21). The van der Waals surface area contributed by atoms with Crippen LogP contribution in [0.25, 0.3) is 0 Å². The lowest BCUT2D eigenvalue weighted by Gasteiger charge is -2.26. The fourth-order valence-electron chi connectivity index (χ4n) is 2.52. The van der Waals surface area contributed by atoms with Crippen molar-refractivity contribution in [3.8, 4) is 0 Å². The summed E-state index contributed by atoms with van der Waals surface area (Å²) in [6.07, 6.45) is 0. The summed E-state index contributed by atoms with van der Waals surface area (Å²) < 4.78 is 0.809. The number of para-hydroxylation sites is 1. The summed E-state index contributed by atoms with van der Waals surface area (Å²) in [6, 6.07) is 8.06. The Balaban J connectivity index is 1.91. The zero-order valence-corrected chi connectivity index (χ0v) is 17.8. The molecule has 0 bridgehead atoms. The second-order valence-electron chi connectivity index (χ2n) is 7.19. The van der Waals surface area contributed by atoms with Gasteiger partial charge in [-0.3, -0.25) is 4.79 Å². The molecule has 7 heteroatoms. The molecule has 0 saturated carbocycles. The number of hydrogen-bond donors (Lipinski definition) is 1. The summed E-state index contributed by atoms with van der Waals surface area (Å²) >= 11 is 2.94. The SMILES string of the molecule is Cc1ccccc1Nc1nnc(SCC(=O)N(CC(C)C)CC(C)C)s1. The first-order valence-electron chi connectivity index (χ1n) is 8.92. The van der Waals surface area contributed by atoms with Crippen LogP contribution in [0.4, 0.5) is 10.8 Å². The quantitative estimate of drug-likeness (QED) is 0.620. The van der Waals surface area contributed by atoms with Gasteiger partial charge >= 0.3 is 0 Å². The van der Waals surface area contributed by atoms with Gasteiger partial charge in [-0.15, -0.1) is 10.2 Å². The van der Waals surface area contributed by atoms with Crippen LogP contribution in [0.1, 0.15) is 33.3 Å². The summed E-state index contributed by atoms with van der Waals surface area (Å²) in [4.78, 5) is 14.5.